The van der Waals surface area contributed by atoms with Crippen molar-refractivity contribution in [1.82, 2.24) is 14.9 Å². The van der Waals surface area contributed by atoms with Crippen molar-refractivity contribution in [2.75, 3.05) is 23.8 Å². The van der Waals surface area contributed by atoms with Gasteiger partial charge in [-0.1, -0.05) is 12.1 Å². The molecule has 0 radical (unpaired) electrons. The van der Waals surface area contributed by atoms with Crippen LogP contribution in [0, 0.1) is 0 Å². The molecule has 2 aromatic rings. The first-order chi connectivity index (χ1) is 11.2. The zero-order valence-electron chi connectivity index (χ0n) is 13.6. The summed E-state index contributed by atoms with van der Waals surface area (Å²) < 4.78 is 2.27. The summed E-state index contributed by atoms with van der Waals surface area (Å²) >= 11 is 3.65. The molecule has 3 rings (SSSR count). The van der Waals surface area contributed by atoms with Gasteiger partial charge in [-0.2, -0.15) is 11.8 Å². The van der Waals surface area contributed by atoms with E-state index in [1.54, 1.807) is 11.8 Å². The smallest absolute Gasteiger partial charge is 0.233 e. The summed E-state index contributed by atoms with van der Waals surface area (Å²) in [6.07, 6.45) is 0.767. The molecule has 2 heterocycles. The first-order valence-electron chi connectivity index (χ1n) is 8.09. The number of aromatic nitrogens is 2. The van der Waals surface area contributed by atoms with E-state index in [2.05, 4.69) is 29.8 Å². The molecule has 1 fully saturated rings. The minimum absolute atomic E-state index is 0.109. The fraction of sp³-hybridized carbons (Fsp3) is 0.529. The summed E-state index contributed by atoms with van der Waals surface area (Å²) in [5.41, 5.74) is 2.20. The van der Waals surface area contributed by atoms with E-state index in [0.717, 1.165) is 35.0 Å². The molecule has 1 aromatic heterocycles. The lowest BCUT2D eigenvalue weighted by Gasteiger charge is -2.20. The van der Waals surface area contributed by atoms with Crippen molar-refractivity contribution in [3.8, 4) is 0 Å². The van der Waals surface area contributed by atoms with Gasteiger partial charge in [0.15, 0.2) is 0 Å². The molecule has 1 aromatic carbocycles. The molecule has 124 valence electrons. The van der Waals surface area contributed by atoms with Gasteiger partial charge in [-0.3, -0.25) is 4.79 Å². The first kappa shape index (κ1) is 16.7. The maximum Gasteiger partial charge on any atom is 0.233 e. The van der Waals surface area contributed by atoms with Crippen LogP contribution in [0.5, 0.6) is 0 Å². The van der Waals surface area contributed by atoms with Crippen molar-refractivity contribution in [3.05, 3.63) is 30.1 Å². The van der Waals surface area contributed by atoms with E-state index in [4.69, 9.17) is 4.98 Å². The number of carbonyl (C=O) groups excluding carboxylic acids is 1. The second-order valence-corrected chi connectivity index (χ2v) is 8.42. The highest BCUT2D eigenvalue weighted by atomic mass is 32.2. The van der Waals surface area contributed by atoms with Gasteiger partial charge < -0.3 is 9.88 Å². The van der Waals surface area contributed by atoms with Crippen LogP contribution in [0.4, 0.5) is 0 Å². The van der Waals surface area contributed by atoms with Gasteiger partial charge in [-0.25, -0.2) is 4.98 Å². The van der Waals surface area contributed by atoms with Crippen LogP contribution in [-0.4, -0.2) is 44.5 Å². The van der Waals surface area contributed by atoms with E-state index in [0.29, 0.717) is 12.6 Å². The molecule has 1 atom stereocenters. The van der Waals surface area contributed by atoms with E-state index < -0.39 is 0 Å². The number of para-hydroxylation sites is 2. The van der Waals surface area contributed by atoms with Crippen molar-refractivity contribution < 1.29 is 4.79 Å². The SMILES string of the molecule is CC(C)n1c(CCNC(=O)[C@H]2CSCCS2)nc2ccccc21. The Bertz CT molecular complexity index is 678. The van der Waals surface area contributed by atoms with Gasteiger partial charge in [0, 0.05) is 36.3 Å². The van der Waals surface area contributed by atoms with Crippen molar-refractivity contribution in [1.29, 1.82) is 0 Å². The van der Waals surface area contributed by atoms with E-state index in [-0.39, 0.29) is 11.2 Å². The van der Waals surface area contributed by atoms with Gasteiger partial charge in [0.2, 0.25) is 5.91 Å². The number of hydrogen-bond acceptors (Lipinski definition) is 4. The van der Waals surface area contributed by atoms with E-state index in [1.807, 2.05) is 30.0 Å². The van der Waals surface area contributed by atoms with Gasteiger partial charge in [0.05, 0.1) is 16.3 Å². The van der Waals surface area contributed by atoms with Gasteiger partial charge in [0.25, 0.3) is 0 Å². The van der Waals surface area contributed by atoms with Crippen LogP contribution in [0.1, 0.15) is 25.7 Å². The number of benzene rings is 1. The van der Waals surface area contributed by atoms with Crippen molar-refractivity contribution in [3.63, 3.8) is 0 Å². The molecule has 0 aliphatic carbocycles. The molecule has 0 bridgehead atoms. The lowest BCUT2D eigenvalue weighted by Crippen LogP contribution is -2.37. The number of imidazole rings is 1. The summed E-state index contributed by atoms with van der Waals surface area (Å²) in [5, 5.41) is 3.19. The Hall–Kier alpha value is -1.14. The summed E-state index contributed by atoms with van der Waals surface area (Å²) in [5.74, 6) is 4.39. The first-order valence-corrected chi connectivity index (χ1v) is 10.3. The van der Waals surface area contributed by atoms with E-state index >= 15 is 0 Å². The Morgan fingerprint density at radius 3 is 2.96 bits per heavy atom. The molecular weight excluding hydrogens is 326 g/mol. The summed E-state index contributed by atoms with van der Waals surface area (Å²) in [6, 6.07) is 8.58. The third kappa shape index (κ3) is 3.86. The Morgan fingerprint density at radius 1 is 1.39 bits per heavy atom. The van der Waals surface area contributed by atoms with Crippen molar-refractivity contribution in [2.24, 2.45) is 0 Å². The molecule has 4 nitrogen and oxygen atoms in total. The molecule has 0 saturated carbocycles. The second-order valence-electron chi connectivity index (χ2n) is 5.96. The standard InChI is InChI=1S/C17H23N3OS2/c1-12(2)20-14-6-4-3-5-13(14)19-16(20)7-8-18-17(21)15-11-22-9-10-23-15/h3-6,12,15H,7-11H2,1-2H3,(H,18,21)/t15-/m1/s1. The molecule has 0 spiro atoms. The monoisotopic (exact) mass is 349 g/mol. The van der Waals surface area contributed by atoms with Crippen LogP contribution in [0.25, 0.3) is 11.0 Å². The highest BCUT2D eigenvalue weighted by Crippen LogP contribution is 2.24. The minimum Gasteiger partial charge on any atom is -0.355 e. The fourth-order valence-electron chi connectivity index (χ4n) is 2.90. The molecule has 23 heavy (non-hydrogen) atoms. The summed E-state index contributed by atoms with van der Waals surface area (Å²) in [6.45, 7) is 4.99. The molecule has 1 aliphatic heterocycles. The zero-order valence-corrected chi connectivity index (χ0v) is 15.3. The predicted octanol–water partition coefficient (Wildman–Crippen LogP) is 3.12. The van der Waals surface area contributed by atoms with Crippen molar-refractivity contribution >= 4 is 40.5 Å². The van der Waals surface area contributed by atoms with Crippen LogP contribution in [0.15, 0.2) is 24.3 Å². The Balaban J connectivity index is 1.65. The lowest BCUT2D eigenvalue weighted by molar-refractivity contribution is -0.120. The molecule has 1 N–H and O–H groups in total. The quantitative estimate of drug-likeness (QED) is 0.901. The number of rotatable bonds is 5. The highest BCUT2D eigenvalue weighted by Gasteiger charge is 2.22. The van der Waals surface area contributed by atoms with Gasteiger partial charge >= 0.3 is 0 Å². The topological polar surface area (TPSA) is 46.9 Å². The Morgan fingerprint density at radius 2 is 2.22 bits per heavy atom. The van der Waals surface area contributed by atoms with E-state index in [1.165, 1.54) is 5.52 Å². The third-order valence-electron chi connectivity index (χ3n) is 3.94. The van der Waals surface area contributed by atoms with Crippen LogP contribution in [-0.2, 0) is 11.2 Å². The van der Waals surface area contributed by atoms with E-state index in [9.17, 15) is 4.79 Å². The number of carbonyl (C=O) groups is 1. The number of amides is 1. The Kier molecular flexibility index (Phi) is 5.54. The van der Waals surface area contributed by atoms with Crippen molar-refractivity contribution in [2.45, 2.75) is 31.6 Å². The number of thioether (sulfide) groups is 2. The Labute approximate surface area is 145 Å². The molecule has 0 unspecified atom stereocenters. The minimum atomic E-state index is 0.109. The normalized spacial score (nSPS) is 18.5. The van der Waals surface area contributed by atoms with Crippen LogP contribution in [0.3, 0.4) is 0 Å². The van der Waals surface area contributed by atoms with Gasteiger partial charge in [-0.05, 0) is 26.0 Å². The van der Waals surface area contributed by atoms with Crippen LogP contribution < -0.4 is 5.32 Å². The summed E-state index contributed by atoms with van der Waals surface area (Å²) in [4.78, 5) is 17.0. The highest BCUT2D eigenvalue weighted by molar-refractivity contribution is 8.07. The zero-order chi connectivity index (χ0) is 16.2. The largest absolute Gasteiger partial charge is 0.355 e. The number of nitrogens with zero attached hydrogens (tertiary/aromatic N) is 2. The third-order valence-corrected chi connectivity index (χ3v) is 6.70. The summed E-state index contributed by atoms with van der Waals surface area (Å²) in [7, 11) is 0. The second kappa shape index (κ2) is 7.62. The molecular formula is C17H23N3OS2. The number of hydrogen-bond donors (Lipinski definition) is 1. The predicted molar refractivity (Wildman–Crippen MR) is 100 cm³/mol. The van der Waals surface area contributed by atoms with Gasteiger partial charge in [0.1, 0.15) is 5.82 Å². The maximum atomic E-state index is 12.2. The molecule has 6 heteroatoms. The average molecular weight is 350 g/mol. The maximum absolute atomic E-state index is 12.2. The van der Waals surface area contributed by atoms with Crippen LogP contribution >= 0.6 is 23.5 Å². The van der Waals surface area contributed by atoms with Gasteiger partial charge in [-0.15, -0.1) is 11.8 Å². The molecule has 1 amide bonds. The number of fused-ring (bicyclic) bond motifs is 1. The average Bonchev–Trinajstić information content (AvgIpc) is 2.94. The molecule has 1 aliphatic rings. The van der Waals surface area contributed by atoms with Crippen LogP contribution in [0.2, 0.25) is 0 Å². The number of nitrogens with one attached hydrogen (secondary N) is 1. The fourth-order valence-corrected chi connectivity index (χ4v) is 5.48. The lowest BCUT2D eigenvalue weighted by atomic mass is 10.3. The molecule has 1 saturated heterocycles.